The minimum atomic E-state index is 0.432. The summed E-state index contributed by atoms with van der Waals surface area (Å²) in [6.07, 6.45) is 0. The van der Waals surface area contributed by atoms with Gasteiger partial charge in [-0.3, -0.25) is 4.40 Å². The van der Waals surface area contributed by atoms with Crippen molar-refractivity contribution in [3.8, 4) is 17.0 Å². The van der Waals surface area contributed by atoms with Crippen LogP contribution in [0.15, 0.2) is 42.5 Å². The predicted molar refractivity (Wildman–Crippen MR) is 84.4 cm³/mol. The lowest BCUT2D eigenvalue weighted by Crippen LogP contribution is -2.05. The molecule has 0 spiro atoms. The summed E-state index contributed by atoms with van der Waals surface area (Å²) in [4.78, 5) is 4.76. The molecule has 21 heavy (non-hydrogen) atoms. The zero-order valence-electron chi connectivity index (χ0n) is 12.3. The third kappa shape index (κ3) is 2.28. The molecule has 2 heterocycles. The van der Waals surface area contributed by atoms with Gasteiger partial charge in [0.05, 0.1) is 18.0 Å². The van der Waals surface area contributed by atoms with E-state index in [0.717, 1.165) is 34.0 Å². The maximum absolute atomic E-state index is 5.99. The second kappa shape index (κ2) is 5.58. The molecule has 108 valence electrons. The van der Waals surface area contributed by atoms with Crippen molar-refractivity contribution in [2.24, 2.45) is 5.73 Å². The van der Waals surface area contributed by atoms with E-state index >= 15 is 0 Å². The fourth-order valence-electron chi connectivity index (χ4n) is 2.67. The highest BCUT2D eigenvalue weighted by Gasteiger charge is 2.16. The second-order valence-corrected chi connectivity index (χ2v) is 4.90. The first kappa shape index (κ1) is 13.6. The van der Waals surface area contributed by atoms with E-state index in [-0.39, 0.29) is 0 Å². The lowest BCUT2D eigenvalue weighted by molar-refractivity contribution is 0.341. The molecule has 3 rings (SSSR count). The minimum absolute atomic E-state index is 0.432. The third-order valence-electron chi connectivity index (χ3n) is 3.57. The van der Waals surface area contributed by atoms with Crippen molar-refractivity contribution < 1.29 is 4.74 Å². The molecular formula is C17H19N3O. The van der Waals surface area contributed by atoms with Crippen LogP contribution < -0.4 is 10.5 Å². The van der Waals surface area contributed by atoms with Crippen LogP contribution in [0.5, 0.6) is 5.75 Å². The number of nitrogens with zero attached hydrogens (tertiary/aromatic N) is 2. The summed E-state index contributed by atoms with van der Waals surface area (Å²) in [5.74, 6) is 0.843. The molecule has 0 aliphatic heterocycles. The Hall–Kier alpha value is -2.33. The first-order valence-electron chi connectivity index (χ1n) is 7.15. The second-order valence-electron chi connectivity index (χ2n) is 4.90. The minimum Gasteiger partial charge on any atom is -0.493 e. The van der Waals surface area contributed by atoms with Gasteiger partial charge >= 0.3 is 0 Å². The van der Waals surface area contributed by atoms with Crippen LogP contribution >= 0.6 is 0 Å². The smallest absolute Gasteiger partial charge is 0.137 e. The molecule has 0 saturated heterocycles. The van der Waals surface area contributed by atoms with Gasteiger partial charge in [-0.05, 0) is 38.1 Å². The van der Waals surface area contributed by atoms with Gasteiger partial charge in [0, 0.05) is 17.8 Å². The molecular weight excluding hydrogens is 262 g/mol. The van der Waals surface area contributed by atoms with Crippen LogP contribution in [0.1, 0.15) is 18.3 Å². The van der Waals surface area contributed by atoms with Crippen LogP contribution in [0.4, 0.5) is 0 Å². The fraction of sp³-hybridized carbons (Fsp3) is 0.235. The molecule has 1 aromatic carbocycles. The average Bonchev–Trinajstić information content (AvgIpc) is 2.88. The van der Waals surface area contributed by atoms with Crippen LogP contribution in [-0.4, -0.2) is 16.0 Å². The summed E-state index contributed by atoms with van der Waals surface area (Å²) in [6, 6.07) is 14.0. The summed E-state index contributed by atoms with van der Waals surface area (Å²) in [5, 5.41) is 0. The zero-order chi connectivity index (χ0) is 14.8. The molecule has 0 amide bonds. The topological polar surface area (TPSA) is 52.5 Å². The maximum Gasteiger partial charge on any atom is 0.137 e. The molecule has 2 N–H and O–H groups in total. The molecule has 0 saturated carbocycles. The van der Waals surface area contributed by atoms with Gasteiger partial charge in [0.25, 0.3) is 0 Å². The Balaban J connectivity index is 2.28. The van der Waals surface area contributed by atoms with Crippen molar-refractivity contribution in [2.45, 2.75) is 20.4 Å². The fourth-order valence-corrected chi connectivity index (χ4v) is 2.67. The summed E-state index contributed by atoms with van der Waals surface area (Å²) >= 11 is 0. The molecule has 0 fully saturated rings. The number of hydrogen-bond donors (Lipinski definition) is 1. The van der Waals surface area contributed by atoms with E-state index in [9.17, 15) is 0 Å². The van der Waals surface area contributed by atoms with Gasteiger partial charge in [-0.25, -0.2) is 4.98 Å². The Morgan fingerprint density at radius 1 is 1.14 bits per heavy atom. The van der Waals surface area contributed by atoms with Crippen LogP contribution in [0, 0.1) is 6.92 Å². The highest BCUT2D eigenvalue weighted by Crippen LogP contribution is 2.32. The molecule has 4 nitrogen and oxygen atoms in total. The molecule has 0 atom stereocenters. The lowest BCUT2D eigenvalue weighted by Gasteiger charge is -2.10. The number of imidazole rings is 1. The number of pyridine rings is 1. The molecule has 0 radical (unpaired) electrons. The summed E-state index contributed by atoms with van der Waals surface area (Å²) in [7, 11) is 0. The number of ether oxygens (including phenoxy) is 1. The van der Waals surface area contributed by atoms with Gasteiger partial charge in [-0.15, -0.1) is 0 Å². The molecule has 0 aliphatic carbocycles. The molecule has 0 unspecified atom stereocenters. The predicted octanol–water partition coefficient (Wildman–Crippen LogP) is 3.17. The number of hydrogen-bond acceptors (Lipinski definition) is 3. The van der Waals surface area contributed by atoms with E-state index < -0.39 is 0 Å². The van der Waals surface area contributed by atoms with E-state index in [1.807, 2.05) is 43.3 Å². The van der Waals surface area contributed by atoms with E-state index in [4.69, 9.17) is 15.5 Å². The first-order chi connectivity index (χ1) is 10.3. The Morgan fingerprint density at radius 3 is 2.71 bits per heavy atom. The Labute approximate surface area is 124 Å². The van der Waals surface area contributed by atoms with Crippen molar-refractivity contribution in [1.82, 2.24) is 9.38 Å². The molecule has 3 aromatic rings. The Morgan fingerprint density at radius 2 is 1.95 bits per heavy atom. The van der Waals surface area contributed by atoms with Crippen LogP contribution in [0.2, 0.25) is 0 Å². The summed E-state index contributed by atoms with van der Waals surface area (Å²) < 4.78 is 7.84. The van der Waals surface area contributed by atoms with E-state index in [1.54, 1.807) is 0 Å². The largest absolute Gasteiger partial charge is 0.493 e. The lowest BCUT2D eigenvalue weighted by atomic mass is 10.1. The maximum atomic E-state index is 5.99. The van der Waals surface area contributed by atoms with Crippen molar-refractivity contribution in [3.63, 3.8) is 0 Å². The Bertz CT molecular complexity index is 777. The average molecular weight is 281 g/mol. The van der Waals surface area contributed by atoms with Crippen molar-refractivity contribution in [3.05, 3.63) is 53.9 Å². The standard InChI is InChI=1S/C17H19N3O/c1-3-21-15-9-5-4-8-13(15)17-14(11-18)20-12(2)7-6-10-16(20)19-17/h4-10H,3,11,18H2,1-2H3. The van der Waals surface area contributed by atoms with Gasteiger partial charge in [-0.1, -0.05) is 18.2 Å². The quantitative estimate of drug-likeness (QED) is 0.799. The summed E-state index contributed by atoms with van der Waals surface area (Å²) in [6.45, 7) is 5.10. The SMILES string of the molecule is CCOc1ccccc1-c1nc2cccc(C)n2c1CN. The first-order valence-corrected chi connectivity index (χ1v) is 7.15. The number of benzene rings is 1. The van der Waals surface area contributed by atoms with E-state index in [0.29, 0.717) is 13.2 Å². The van der Waals surface area contributed by atoms with Crippen molar-refractivity contribution in [1.29, 1.82) is 0 Å². The van der Waals surface area contributed by atoms with Gasteiger partial charge in [0.2, 0.25) is 0 Å². The number of rotatable bonds is 4. The van der Waals surface area contributed by atoms with Gasteiger partial charge in [0.1, 0.15) is 11.4 Å². The van der Waals surface area contributed by atoms with Gasteiger partial charge < -0.3 is 10.5 Å². The number of fused-ring (bicyclic) bond motifs is 1. The molecule has 2 aromatic heterocycles. The van der Waals surface area contributed by atoms with Gasteiger partial charge in [0.15, 0.2) is 0 Å². The van der Waals surface area contributed by atoms with E-state index in [2.05, 4.69) is 17.4 Å². The van der Waals surface area contributed by atoms with E-state index in [1.165, 1.54) is 0 Å². The van der Waals surface area contributed by atoms with Crippen LogP contribution in [-0.2, 0) is 6.54 Å². The molecule has 0 aliphatic rings. The highest BCUT2D eigenvalue weighted by molar-refractivity contribution is 5.72. The summed E-state index contributed by atoms with van der Waals surface area (Å²) in [5.41, 5.74) is 10.9. The number of aryl methyl sites for hydroxylation is 1. The third-order valence-corrected chi connectivity index (χ3v) is 3.57. The normalized spacial score (nSPS) is 11.0. The zero-order valence-corrected chi connectivity index (χ0v) is 12.3. The van der Waals surface area contributed by atoms with Crippen molar-refractivity contribution in [2.75, 3.05) is 6.61 Å². The monoisotopic (exact) mass is 281 g/mol. The number of aromatic nitrogens is 2. The number of para-hydroxylation sites is 1. The van der Waals surface area contributed by atoms with Gasteiger partial charge in [-0.2, -0.15) is 0 Å². The Kier molecular flexibility index (Phi) is 3.62. The van der Waals surface area contributed by atoms with Crippen LogP contribution in [0.3, 0.4) is 0 Å². The molecule has 4 heteroatoms. The highest BCUT2D eigenvalue weighted by atomic mass is 16.5. The number of nitrogens with two attached hydrogens (primary N) is 1. The van der Waals surface area contributed by atoms with Crippen LogP contribution in [0.25, 0.3) is 16.9 Å². The van der Waals surface area contributed by atoms with Crippen molar-refractivity contribution >= 4 is 5.65 Å². The molecule has 0 bridgehead atoms.